The molecular formula is C16H17NO2. The fraction of sp³-hybridized carbons (Fsp3) is 0.188. The number of hydrogen-bond acceptors (Lipinski definition) is 2. The molecule has 0 radical (unpaired) electrons. The van der Waals surface area contributed by atoms with Crippen LogP contribution in [0.1, 0.15) is 17.0 Å². The SMILES string of the molecule is NC(=O)[C@@H](COCc1ccccc1)c1ccccc1. The van der Waals surface area contributed by atoms with Crippen molar-refractivity contribution in [2.45, 2.75) is 12.5 Å². The normalized spacial score (nSPS) is 12.0. The second-order valence-corrected chi connectivity index (χ2v) is 4.37. The first-order chi connectivity index (χ1) is 9.27. The summed E-state index contributed by atoms with van der Waals surface area (Å²) in [5, 5.41) is 0. The molecule has 3 nitrogen and oxygen atoms in total. The molecule has 3 heteroatoms. The molecule has 2 aromatic carbocycles. The minimum Gasteiger partial charge on any atom is -0.376 e. The predicted octanol–water partition coefficient (Wildman–Crippen LogP) is 2.47. The Labute approximate surface area is 113 Å². The van der Waals surface area contributed by atoms with Gasteiger partial charge in [0.15, 0.2) is 0 Å². The summed E-state index contributed by atoms with van der Waals surface area (Å²) in [5.74, 6) is -0.760. The van der Waals surface area contributed by atoms with E-state index in [1.165, 1.54) is 0 Å². The highest BCUT2D eigenvalue weighted by Crippen LogP contribution is 2.16. The van der Waals surface area contributed by atoms with E-state index in [9.17, 15) is 4.79 Å². The van der Waals surface area contributed by atoms with Crippen molar-refractivity contribution in [3.05, 3.63) is 71.8 Å². The summed E-state index contributed by atoms with van der Waals surface area (Å²) >= 11 is 0. The van der Waals surface area contributed by atoms with Gasteiger partial charge in [-0.15, -0.1) is 0 Å². The van der Waals surface area contributed by atoms with Gasteiger partial charge in [-0.2, -0.15) is 0 Å². The van der Waals surface area contributed by atoms with Gasteiger partial charge in [-0.05, 0) is 11.1 Å². The number of amides is 1. The molecular weight excluding hydrogens is 238 g/mol. The van der Waals surface area contributed by atoms with Crippen LogP contribution in [0.2, 0.25) is 0 Å². The first-order valence-corrected chi connectivity index (χ1v) is 6.23. The van der Waals surface area contributed by atoms with E-state index in [1.54, 1.807) is 0 Å². The molecule has 0 saturated carbocycles. The summed E-state index contributed by atoms with van der Waals surface area (Å²) in [6.07, 6.45) is 0. The van der Waals surface area contributed by atoms with E-state index in [1.807, 2.05) is 60.7 Å². The van der Waals surface area contributed by atoms with Crippen LogP contribution < -0.4 is 5.73 Å². The summed E-state index contributed by atoms with van der Waals surface area (Å²) in [6.45, 7) is 0.783. The molecule has 2 N–H and O–H groups in total. The Morgan fingerprint density at radius 1 is 1.00 bits per heavy atom. The van der Waals surface area contributed by atoms with E-state index >= 15 is 0 Å². The molecule has 1 atom stereocenters. The zero-order valence-electron chi connectivity index (χ0n) is 10.7. The molecule has 0 aliphatic rings. The summed E-state index contributed by atoms with van der Waals surface area (Å²) in [4.78, 5) is 11.5. The van der Waals surface area contributed by atoms with Crippen LogP contribution in [-0.2, 0) is 16.1 Å². The molecule has 19 heavy (non-hydrogen) atoms. The van der Waals surface area contributed by atoms with Crippen molar-refractivity contribution in [1.82, 2.24) is 0 Å². The zero-order valence-corrected chi connectivity index (χ0v) is 10.7. The Bertz CT molecular complexity index is 511. The fourth-order valence-corrected chi connectivity index (χ4v) is 1.90. The molecule has 98 valence electrons. The van der Waals surface area contributed by atoms with Crippen molar-refractivity contribution >= 4 is 5.91 Å². The van der Waals surface area contributed by atoms with E-state index in [0.29, 0.717) is 13.2 Å². The van der Waals surface area contributed by atoms with Crippen LogP contribution in [0.25, 0.3) is 0 Å². The molecule has 2 rings (SSSR count). The quantitative estimate of drug-likeness (QED) is 0.862. The standard InChI is InChI=1S/C16H17NO2/c17-16(18)15(14-9-5-2-6-10-14)12-19-11-13-7-3-1-4-8-13/h1-10,15H,11-12H2,(H2,17,18)/t15-/m0/s1. The molecule has 0 spiro atoms. The van der Waals surface area contributed by atoms with E-state index in [-0.39, 0.29) is 5.91 Å². The summed E-state index contributed by atoms with van der Waals surface area (Å²) in [5.41, 5.74) is 7.40. The monoisotopic (exact) mass is 255 g/mol. The van der Waals surface area contributed by atoms with Crippen molar-refractivity contribution in [3.8, 4) is 0 Å². The van der Waals surface area contributed by atoms with Gasteiger partial charge in [-0.25, -0.2) is 0 Å². The third-order valence-corrected chi connectivity index (χ3v) is 2.94. The van der Waals surface area contributed by atoms with Crippen LogP contribution in [0.4, 0.5) is 0 Å². The van der Waals surface area contributed by atoms with E-state index in [2.05, 4.69) is 0 Å². The van der Waals surface area contributed by atoms with Gasteiger partial charge >= 0.3 is 0 Å². The minimum absolute atomic E-state index is 0.300. The molecule has 0 bridgehead atoms. The number of benzene rings is 2. The van der Waals surface area contributed by atoms with Gasteiger partial charge in [-0.3, -0.25) is 4.79 Å². The number of carbonyl (C=O) groups excluding carboxylic acids is 1. The molecule has 0 aliphatic heterocycles. The molecule has 0 heterocycles. The fourth-order valence-electron chi connectivity index (χ4n) is 1.90. The number of hydrogen-bond donors (Lipinski definition) is 1. The number of ether oxygens (including phenoxy) is 1. The van der Waals surface area contributed by atoms with Crippen LogP contribution in [0.5, 0.6) is 0 Å². The minimum atomic E-state index is -0.398. The van der Waals surface area contributed by atoms with Gasteiger partial charge < -0.3 is 10.5 Å². The highest BCUT2D eigenvalue weighted by atomic mass is 16.5. The number of rotatable bonds is 6. The zero-order chi connectivity index (χ0) is 13.5. The van der Waals surface area contributed by atoms with Gasteiger partial charge in [0.25, 0.3) is 0 Å². The Balaban J connectivity index is 1.94. The maximum Gasteiger partial charge on any atom is 0.227 e. The van der Waals surface area contributed by atoms with Gasteiger partial charge in [0.2, 0.25) is 5.91 Å². The lowest BCUT2D eigenvalue weighted by molar-refractivity contribution is -0.120. The van der Waals surface area contributed by atoms with E-state index in [0.717, 1.165) is 11.1 Å². The molecule has 2 aromatic rings. The largest absolute Gasteiger partial charge is 0.376 e. The van der Waals surface area contributed by atoms with Crippen LogP contribution in [-0.4, -0.2) is 12.5 Å². The Morgan fingerprint density at radius 3 is 2.16 bits per heavy atom. The number of carbonyl (C=O) groups is 1. The third-order valence-electron chi connectivity index (χ3n) is 2.94. The first-order valence-electron chi connectivity index (χ1n) is 6.23. The van der Waals surface area contributed by atoms with Crippen LogP contribution in [0, 0.1) is 0 Å². The van der Waals surface area contributed by atoms with Crippen molar-refractivity contribution in [3.63, 3.8) is 0 Å². The molecule has 0 fully saturated rings. The predicted molar refractivity (Wildman–Crippen MR) is 74.5 cm³/mol. The lowest BCUT2D eigenvalue weighted by atomic mass is 10.00. The molecule has 0 unspecified atom stereocenters. The second-order valence-electron chi connectivity index (χ2n) is 4.37. The summed E-state index contributed by atoms with van der Waals surface area (Å²) in [6, 6.07) is 19.3. The molecule has 0 saturated heterocycles. The maximum absolute atomic E-state index is 11.5. The first kappa shape index (κ1) is 13.3. The highest BCUT2D eigenvalue weighted by Gasteiger charge is 2.17. The average molecular weight is 255 g/mol. The van der Waals surface area contributed by atoms with Crippen LogP contribution >= 0.6 is 0 Å². The molecule has 1 amide bonds. The second kappa shape index (κ2) is 6.71. The van der Waals surface area contributed by atoms with Crippen molar-refractivity contribution < 1.29 is 9.53 Å². The van der Waals surface area contributed by atoms with Crippen molar-refractivity contribution in [1.29, 1.82) is 0 Å². The summed E-state index contributed by atoms with van der Waals surface area (Å²) in [7, 11) is 0. The van der Waals surface area contributed by atoms with E-state index in [4.69, 9.17) is 10.5 Å². The van der Waals surface area contributed by atoms with Gasteiger partial charge in [0.1, 0.15) is 0 Å². The van der Waals surface area contributed by atoms with E-state index < -0.39 is 5.92 Å². The van der Waals surface area contributed by atoms with Gasteiger partial charge in [-0.1, -0.05) is 60.7 Å². The Morgan fingerprint density at radius 2 is 1.58 bits per heavy atom. The van der Waals surface area contributed by atoms with Crippen molar-refractivity contribution in [2.24, 2.45) is 5.73 Å². The third kappa shape index (κ3) is 3.93. The topological polar surface area (TPSA) is 52.3 Å². The smallest absolute Gasteiger partial charge is 0.227 e. The average Bonchev–Trinajstić information content (AvgIpc) is 2.45. The maximum atomic E-state index is 11.5. The number of primary amides is 1. The Hall–Kier alpha value is -2.13. The van der Waals surface area contributed by atoms with Gasteiger partial charge in [0, 0.05) is 0 Å². The van der Waals surface area contributed by atoms with Crippen LogP contribution in [0.3, 0.4) is 0 Å². The number of nitrogens with two attached hydrogens (primary N) is 1. The van der Waals surface area contributed by atoms with Gasteiger partial charge in [0.05, 0.1) is 19.1 Å². The van der Waals surface area contributed by atoms with Crippen molar-refractivity contribution in [2.75, 3.05) is 6.61 Å². The summed E-state index contributed by atoms with van der Waals surface area (Å²) < 4.78 is 5.60. The lowest BCUT2D eigenvalue weighted by Crippen LogP contribution is -2.25. The molecule has 0 aromatic heterocycles. The van der Waals surface area contributed by atoms with Crippen LogP contribution in [0.15, 0.2) is 60.7 Å². The molecule has 0 aliphatic carbocycles. The highest BCUT2D eigenvalue weighted by molar-refractivity contribution is 5.82. The Kier molecular flexibility index (Phi) is 4.70. The lowest BCUT2D eigenvalue weighted by Gasteiger charge is -2.14.